The molecule has 0 aliphatic heterocycles. The molecule has 14 heavy (non-hydrogen) atoms. The van der Waals surface area contributed by atoms with Crippen molar-refractivity contribution in [2.24, 2.45) is 5.16 Å². The minimum atomic E-state index is -0.108. The van der Waals surface area contributed by atoms with Crippen LogP contribution in [-0.2, 0) is 0 Å². The smallest absolute Gasteiger partial charge is 0.176 e. The molecule has 0 atom stereocenters. The highest BCUT2D eigenvalue weighted by molar-refractivity contribution is 6.32. The predicted octanol–water partition coefficient (Wildman–Crippen LogP) is 2.25. The normalized spacial score (nSPS) is 10.7. The molecule has 0 aromatic heterocycles. The highest BCUT2D eigenvalue weighted by atomic mass is 35.5. The van der Waals surface area contributed by atoms with E-state index < -0.39 is 0 Å². The van der Waals surface area contributed by atoms with Gasteiger partial charge >= 0.3 is 0 Å². The fourth-order valence-electron chi connectivity index (χ4n) is 1.00. The number of phenols is 1. The molecule has 0 radical (unpaired) electrons. The summed E-state index contributed by atoms with van der Waals surface area (Å²) in [5.74, 6) is 0.165. The lowest BCUT2D eigenvalue weighted by molar-refractivity contribution is 0.317. The first-order valence-corrected chi connectivity index (χ1v) is 4.39. The van der Waals surface area contributed by atoms with Gasteiger partial charge in [0, 0.05) is 5.56 Å². The van der Waals surface area contributed by atoms with E-state index in [0.717, 1.165) is 0 Å². The number of hydrogen-bond donors (Lipinski definition) is 2. The zero-order valence-electron chi connectivity index (χ0n) is 7.57. The molecular formula is C9H10ClNO3. The lowest BCUT2D eigenvalue weighted by atomic mass is 10.2. The number of rotatable bonds is 3. The Morgan fingerprint density at radius 1 is 1.57 bits per heavy atom. The summed E-state index contributed by atoms with van der Waals surface area (Å²) in [6, 6.07) is 3.00. The van der Waals surface area contributed by atoms with E-state index in [0.29, 0.717) is 12.2 Å². The lowest BCUT2D eigenvalue weighted by Gasteiger charge is -2.07. The third-order valence-electron chi connectivity index (χ3n) is 1.56. The van der Waals surface area contributed by atoms with Crippen molar-refractivity contribution < 1.29 is 15.1 Å². The third kappa shape index (κ3) is 2.29. The summed E-state index contributed by atoms with van der Waals surface area (Å²) in [4.78, 5) is 0. The van der Waals surface area contributed by atoms with E-state index in [4.69, 9.17) is 21.5 Å². The molecule has 0 spiro atoms. The van der Waals surface area contributed by atoms with Gasteiger partial charge in [-0.25, -0.2) is 0 Å². The lowest BCUT2D eigenvalue weighted by Crippen LogP contribution is -1.93. The average molecular weight is 216 g/mol. The van der Waals surface area contributed by atoms with Crippen molar-refractivity contribution in [3.8, 4) is 11.5 Å². The maximum absolute atomic E-state index is 9.46. The summed E-state index contributed by atoms with van der Waals surface area (Å²) in [5.41, 5.74) is 0.554. The SMILES string of the molecule is CCOc1cc(C=NO)cc(Cl)c1O. The highest BCUT2D eigenvalue weighted by Crippen LogP contribution is 2.34. The zero-order valence-corrected chi connectivity index (χ0v) is 8.32. The molecule has 0 aliphatic rings. The predicted molar refractivity (Wildman–Crippen MR) is 53.7 cm³/mol. The second-order valence-electron chi connectivity index (χ2n) is 2.53. The quantitative estimate of drug-likeness (QED) is 0.462. The molecule has 2 N–H and O–H groups in total. The van der Waals surface area contributed by atoms with E-state index in [2.05, 4.69) is 5.16 Å². The maximum Gasteiger partial charge on any atom is 0.176 e. The van der Waals surface area contributed by atoms with Crippen LogP contribution in [0.4, 0.5) is 0 Å². The number of hydrogen-bond acceptors (Lipinski definition) is 4. The van der Waals surface area contributed by atoms with E-state index in [9.17, 15) is 5.11 Å². The molecule has 0 fully saturated rings. The molecule has 0 unspecified atom stereocenters. The van der Waals surface area contributed by atoms with Crippen LogP contribution in [0, 0.1) is 0 Å². The van der Waals surface area contributed by atoms with Gasteiger partial charge in [-0.15, -0.1) is 0 Å². The minimum Gasteiger partial charge on any atom is -0.503 e. The Balaban J connectivity index is 3.13. The number of aromatic hydroxyl groups is 1. The number of oxime groups is 1. The molecular weight excluding hydrogens is 206 g/mol. The summed E-state index contributed by atoms with van der Waals surface area (Å²) in [6.45, 7) is 2.21. The molecule has 1 rings (SSSR count). The van der Waals surface area contributed by atoms with Crippen LogP contribution in [0.2, 0.25) is 5.02 Å². The van der Waals surface area contributed by atoms with E-state index in [1.165, 1.54) is 18.3 Å². The Morgan fingerprint density at radius 3 is 2.86 bits per heavy atom. The standard InChI is InChI=1S/C9H10ClNO3/c1-2-14-8-4-6(5-11-13)3-7(10)9(8)12/h3-5,12-13H,2H2,1H3. The molecule has 4 nitrogen and oxygen atoms in total. The number of benzene rings is 1. The van der Waals surface area contributed by atoms with Gasteiger partial charge in [0.15, 0.2) is 11.5 Å². The summed E-state index contributed by atoms with van der Waals surface area (Å²) in [6.07, 6.45) is 1.20. The van der Waals surface area contributed by atoms with Crippen LogP contribution in [0.15, 0.2) is 17.3 Å². The van der Waals surface area contributed by atoms with Crippen LogP contribution < -0.4 is 4.74 Å². The number of nitrogens with zero attached hydrogens (tertiary/aromatic N) is 1. The van der Waals surface area contributed by atoms with E-state index >= 15 is 0 Å². The number of halogens is 1. The van der Waals surface area contributed by atoms with Gasteiger partial charge in [0.2, 0.25) is 0 Å². The van der Waals surface area contributed by atoms with Gasteiger partial charge in [-0.05, 0) is 19.1 Å². The van der Waals surface area contributed by atoms with Gasteiger partial charge in [0.1, 0.15) is 0 Å². The Morgan fingerprint density at radius 2 is 2.29 bits per heavy atom. The van der Waals surface area contributed by atoms with Gasteiger partial charge < -0.3 is 15.1 Å². The van der Waals surface area contributed by atoms with Gasteiger partial charge in [0.25, 0.3) is 0 Å². The summed E-state index contributed by atoms with van der Waals surface area (Å²) in [5, 5.41) is 20.8. The monoisotopic (exact) mass is 215 g/mol. The van der Waals surface area contributed by atoms with Gasteiger partial charge in [0.05, 0.1) is 17.8 Å². The van der Waals surface area contributed by atoms with E-state index in [1.807, 2.05) is 0 Å². The topological polar surface area (TPSA) is 62.0 Å². The van der Waals surface area contributed by atoms with Crippen molar-refractivity contribution in [2.75, 3.05) is 6.61 Å². The van der Waals surface area contributed by atoms with Gasteiger partial charge in [-0.2, -0.15) is 0 Å². The Kier molecular flexibility index (Phi) is 3.59. The van der Waals surface area contributed by atoms with Crippen molar-refractivity contribution in [3.63, 3.8) is 0 Å². The van der Waals surface area contributed by atoms with Crippen molar-refractivity contribution in [2.45, 2.75) is 6.92 Å². The fourth-order valence-corrected chi connectivity index (χ4v) is 1.22. The summed E-state index contributed by atoms with van der Waals surface area (Å²) in [7, 11) is 0. The highest BCUT2D eigenvalue weighted by Gasteiger charge is 2.08. The first-order valence-electron chi connectivity index (χ1n) is 4.01. The molecule has 0 amide bonds. The van der Waals surface area contributed by atoms with Crippen LogP contribution in [0.3, 0.4) is 0 Å². The second kappa shape index (κ2) is 4.72. The Labute approximate surface area is 86.4 Å². The average Bonchev–Trinajstić information content (AvgIpc) is 2.14. The molecule has 0 aliphatic carbocycles. The van der Waals surface area contributed by atoms with E-state index in [-0.39, 0.29) is 16.5 Å². The minimum absolute atomic E-state index is 0.108. The van der Waals surface area contributed by atoms with Crippen molar-refractivity contribution in [1.82, 2.24) is 0 Å². The summed E-state index contributed by atoms with van der Waals surface area (Å²) >= 11 is 5.72. The first kappa shape index (κ1) is 10.7. The summed E-state index contributed by atoms with van der Waals surface area (Å²) < 4.78 is 5.13. The van der Waals surface area contributed by atoms with Gasteiger partial charge in [-0.3, -0.25) is 0 Å². The molecule has 0 saturated carbocycles. The molecule has 0 heterocycles. The molecule has 0 bridgehead atoms. The van der Waals surface area contributed by atoms with Crippen LogP contribution in [0.5, 0.6) is 11.5 Å². The Bertz CT molecular complexity index is 352. The zero-order chi connectivity index (χ0) is 10.6. The van der Waals surface area contributed by atoms with Gasteiger partial charge in [-0.1, -0.05) is 16.8 Å². The molecule has 1 aromatic carbocycles. The van der Waals surface area contributed by atoms with Crippen LogP contribution in [0.25, 0.3) is 0 Å². The maximum atomic E-state index is 9.46. The van der Waals surface area contributed by atoms with Crippen molar-refractivity contribution in [3.05, 3.63) is 22.7 Å². The number of ether oxygens (including phenoxy) is 1. The molecule has 0 saturated heterocycles. The third-order valence-corrected chi connectivity index (χ3v) is 1.85. The molecule has 1 aromatic rings. The van der Waals surface area contributed by atoms with Crippen LogP contribution in [0.1, 0.15) is 12.5 Å². The number of phenolic OH excluding ortho intramolecular Hbond substituents is 1. The largest absolute Gasteiger partial charge is 0.503 e. The Hall–Kier alpha value is -1.42. The van der Waals surface area contributed by atoms with Crippen LogP contribution >= 0.6 is 11.6 Å². The fraction of sp³-hybridized carbons (Fsp3) is 0.222. The van der Waals surface area contributed by atoms with Crippen molar-refractivity contribution >= 4 is 17.8 Å². The second-order valence-corrected chi connectivity index (χ2v) is 2.93. The van der Waals surface area contributed by atoms with Crippen molar-refractivity contribution in [1.29, 1.82) is 0 Å². The first-order chi connectivity index (χ1) is 6.69. The van der Waals surface area contributed by atoms with E-state index in [1.54, 1.807) is 6.92 Å². The molecule has 76 valence electrons. The molecule has 5 heteroatoms. The van der Waals surface area contributed by atoms with Crippen LogP contribution in [-0.4, -0.2) is 23.1 Å².